The molecule has 0 amide bonds. The molecule has 0 spiro atoms. The molecule has 0 aliphatic rings. The minimum absolute atomic E-state index is 0.318. The number of hydrogen-bond donors (Lipinski definition) is 1. The predicted molar refractivity (Wildman–Crippen MR) is 63.9 cm³/mol. The van der Waals surface area contributed by atoms with Crippen molar-refractivity contribution in [2.24, 2.45) is 0 Å². The minimum atomic E-state index is -0.416. The Labute approximate surface area is 100 Å². The molecule has 1 aromatic carbocycles. The molecular weight excluding hydrogens is 272 g/mol. The number of halogens is 1. The van der Waals surface area contributed by atoms with Gasteiger partial charge in [-0.15, -0.1) is 0 Å². The van der Waals surface area contributed by atoms with E-state index in [4.69, 9.17) is 5.11 Å². The molecule has 0 aliphatic carbocycles. The van der Waals surface area contributed by atoms with E-state index in [0.29, 0.717) is 5.69 Å². The molecule has 2 aromatic rings. The van der Waals surface area contributed by atoms with Crippen molar-refractivity contribution in [2.75, 3.05) is 0 Å². The van der Waals surface area contributed by atoms with Crippen LogP contribution in [0.15, 0.2) is 45.7 Å². The Hall–Kier alpha value is -1.46. The number of aromatic nitrogens is 2. The van der Waals surface area contributed by atoms with Gasteiger partial charge in [0.2, 0.25) is 0 Å². The van der Waals surface area contributed by atoms with Crippen LogP contribution in [-0.2, 0) is 6.73 Å². The first kappa shape index (κ1) is 11.0. The summed E-state index contributed by atoms with van der Waals surface area (Å²) >= 11 is 3.36. The van der Waals surface area contributed by atoms with Crippen molar-refractivity contribution in [3.8, 4) is 11.3 Å². The molecular formula is C11H9BrN2O2. The Morgan fingerprint density at radius 3 is 2.81 bits per heavy atom. The summed E-state index contributed by atoms with van der Waals surface area (Å²) in [6.07, 6.45) is 0. The average molecular weight is 281 g/mol. The highest BCUT2D eigenvalue weighted by atomic mass is 79.9. The SMILES string of the molecule is O=c1ccc(-c2cccc(Br)c2)nn1CO. The Kier molecular flexibility index (Phi) is 3.17. The number of nitrogens with zero attached hydrogens (tertiary/aromatic N) is 2. The number of aliphatic hydroxyl groups excluding tert-OH is 1. The summed E-state index contributed by atoms with van der Waals surface area (Å²) in [6, 6.07) is 10.6. The largest absolute Gasteiger partial charge is 0.374 e. The van der Waals surface area contributed by atoms with E-state index in [-0.39, 0.29) is 5.56 Å². The fourth-order valence-electron chi connectivity index (χ4n) is 1.35. The lowest BCUT2D eigenvalue weighted by Crippen LogP contribution is -2.21. The zero-order valence-electron chi connectivity index (χ0n) is 8.30. The van der Waals surface area contributed by atoms with Gasteiger partial charge in [-0.25, -0.2) is 4.68 Å². The molecule has 82 valence electrons. The van der Waals surface area contributed by atoms with Crippen LogP contribution in [0.1, 0.15) is 0 Å². The molecule has 0 fully saturated rings. The predicted octanol–water partition coefficient (Wildman–Crippen LogP) is 1.62. The quantitative estimate of drug-likeness (QED) is 0.910. The van der Waals surface area contributed by atoms with Gasteiger partial charge in [-0.1, -0.05) is 28.1 Å². The van der Waals surface area contributed by atoms with Crippen molar-refractivity contribution < 1.29 is 5.11 Å². The highest BCUT2D eigenvalue weighted by molar-refractivity contribution is 9.10. The molecule has 0 saturated heterocycles. The van der Waals surface area contributed by atoms with Crippen molar-refractivity contribution >= 4 is 15.9 Å². The van der Waals surface area contributed by atoms with Gasteiger partial charge in [0, 0.05) is 16.1 Å². The first-order chi connectivity index (χ1) is 7.70. The number of benzene rings is 1. The smallest absolute Gasteiger partial charge is 0.268 e. The van der Waals surface area contributed by atoms with Crippen LogP contribution in [0.4, 0.5) is 0 Å². The number of hydrogen-bond acceptors (Lipinski definition) is 3. The zero-order chi connectivity index (χ0) is 11.5. The summed E-state index contributed by atoms with van der Waals surface area (Å²) in [6.45, 7) is -0.416. The zero-order valence-corrected chi connectivity index (χ0v) is 9.89. The van der Waals surface area contributed by atoms with Crippen molar-refractivity contribution in [2.45, 2.75) is 6.73 Å². The number of rotatable bonds is 2. The third-order valence-corrected chi connectivity index (χ3v) is 2.61. The Morgan fingerprint density at radius 1 is 1.31 bits per heavy atom. The van der Waals surface area contributed by atoms with Crippen LogP contribution in [0.5, 0.6) is 0 Å². The summed E-state index contributed by atoms with van der Waals surface area (Å²) in [4.78, 5) is 11.2. The first-order valence-corrected chi connectivity index (χ1v) is 5.45. The standard InChI is InChI=1S/C11H9BrN2O2/c12-9-3-1-2-8(6-9)10-4-5-11(16)14(7-15)13-10/h1-6,15H,7H2. The fourth-order valence-corrected chi connectivity index (χ4v) is 1.75. The van der Waals surface area contributed by atoms with E-state index in [2.05, 4.69) is 21.0 Å². The third-order valence-electron chi connectivity index (χ3n) is 2.12. The van der Waals surface area contributed by atoms with Crippen molar-refractivity contribution in [1.29, 1.82) is 0 Å². The molecule has 4 nitrogen and oxygen atoms in total. The van der Waals surface area contributed by atoms with Gasteiger partial charge in [-0.2, -0.15) is 5.10 Å². The van der Waals surface area contributed by atoms with E-state index in [9.17, 15) is 4.79 Å². The lowest BCUT2D eigenvalue weighted by Gasteiger charge is -2.04. The number of aliphatic hydroxyl groups is 1. The van der Waals surface area contributed by atoms with Crippen LogP contribution >= 0.6 is 15.9 Å². The van der Waals surface area contributed by atoms with E-state index >= 15 is 0 Å². The van der Waals surface area contributed by atoms with Crippen LogP contribution in [-0.4, -0.2) is 14.9 Å². The van der Waals surface area contributed by atoms with Crippen LogP contribution in [0.25, 0.3) is 11.3 Å². The summed E-state index contributed by atoms with van der Waals surface area (Å²) < 4.78 is 1.95. The van der Waals surface area contributed by atoms with Crippen molar-refractivity contribution in [3.05, 3.63) is 51.2 Å². The Bertz CT molecular complexity index is 566. The average Bonchev–Trinajstić information content (AvgIpc) is 2.29. The second-order valence-corrected chi connectivity index (χ2v) is 4.12. The Balaban J connectivity index is 2.52. The highest BCUT2D eigenvalue weighted by Gasteiger charge is 2.02. The van der Waals surface area contributed by atoms with Gasteiger partial charge in [0.25, 0.3) is 5.56 Å². The molecule has 1 heterocycles. The molecule has 0 aliphatic heterocycles. The van der Waals surface area contributed by atoms with Crippen LogP contribution in [0.2, 0.25) is 0 Å². The molecule has 0 unspecified atom stereocenters. The maximum absolute atomic E-state index is 11.2. The topological polar surface area (TPSA) is 55.1 Å². The van der Waals surface area contributed by atoms with Gasteiger partial charge >= 0.3 is 0 Å². The van der Waals surface area contributed by atoms with E-state index in [1.807, 2.05) is 24.3 Å². The third kappa shape index (κ3) is 2.20. The Morgan fingerprint density at radius 2 is 2.12 bits per heavy atom. The lowest BCUT2D eigenvalue weighted by atomic mass is 10.1. The summed E-state index contributed by atoms with van der Waals surface area (Å²) in [5.74, 6) is 0. The van der Waals surface area contributed by atoms with E-state index < -0.39 is 6.73 Å². The highest BCUT2D eigenvalue weighted by Crippen LogP contribution is 2.19. The molecule has 16 heavy (non-hydrogen) atoms. The van der Waals surface area contributed by atoms with Crippen LogP contribution in [0.3, 0.4) is 0 Å². The van der Waals surface area contributed by atoms with E-state index in [1.165, 1.54) is 6.07 Å². The minimum Gasteiger partial charge on any atom is -0.374 e. The molecule has 0 saturated carbocycles. The maximum atomic E-state index is 11.2. The second-order valence-electron chi connectivity index (χ2n) is 3.21. The first-order valence-electron chi connectivity index (χ1n) is 4.65. The van der Waals surface area contributed by atoms with Gasteiger partial charge in [-0.05, 0) is 18.2 Å². The van der Waals surface area contributed by atoms with Crippen LogP contribution in [0, 0.1) is 0 Å². The van der Waals surface area contributed by atoms with Crippen molar-refractivity contribution in [3.63, 3.8) is 0 Å². The molecule has 1 aromatic heterocycles. The molecule has 0 bridgehead atoms. The molecule has 0 radical (unpaired) electrons. The maximum Gasteiger partial charge on any atom is 0.268 e. The van der Waals surface area contributed by atoms with E-state index in [1.54, 1.807) is 6.07 Å². The van der Waals surface area contributed by atoms with Gasteiger partial charge in [0.05, 0.1) is 5.69 Å². The lowest BCUT2D eigenvalue weighted by molar-refractivity contribution is 0.189. The van der Waals surface area contributed by atoms with Gasteiger partial charge < -0.3 is 5.11 Å². The molecule has 0 atom stereocenters. The monoisotopic (exact) mass is 280 g/mol. The normalized spacial score (nSPS) is 10.4. The van der Waals surface area contributed by atoms with E-state index in [0.717, 1.165) is 14.7 Å². The summed E-state index contributed by atoms with van der Waals surface area (Å²) in [5.41, 5.74) is 1.22. The molecule has 5 heteroatoms. The van der Waals surface area contributed by atoms with Crippen molar-refractivity contribution in [1.82, 2.24) is 9.78 Å². The molecule has 2 rings (SSSR count). The second kappa shape index (κ2) is 4.59. The molecule has 1 N–H and O–H groups in total. The van der Waals surface area contributed by atoms with Gasteiger partial charge in [-0.3, -0.25) is 4.79 Å². The fraction of sp³-hybridized carbons (Fsp3) is 0.0909. The summed E-state index contributed by atoms with van der Waals surface area (Å²) in [5, 5.41) is 13.0. The van der Waals surface area contributed by atoms with Gasteiger partial charge in [0.15, 0.2) is 0 Å². The van der Waals surface area contributed by atoms with Crippen LogP contribution < -0.4 is 5.56 Å². The summed E-state index contributed by atoms with van der Waals surface area (Å²) in [7, 11) is 0. The van der Waals surface area contributed by atoms with Gasteiger partial charge in [0.1, 0.15) is 6.73 Å².